The maximum absolute atomic E-state index is 10.0. The third kappa shape index (κ3) is 45.1. The summed E-state index contributed by atoms with van der Waals surface area (Å²) in [6.07, 6.45) is 6.42. The van der Waals surface area contributed by atoms with Gasteiger partial charge >= 0.3 is 39.6 Å². The molecule has 0 aromatic rings. The number of carbonyl (C=O) groups is 6. The smallest absolute Gasteiger partial charge is 0.854 e. The summed E-state index contributed by atoms with van der Waals surface area (Å²) in [5.74, 6) is -6.58. The van der Waals surface area contributed by atoms with Gasteiger partial charge < -0.3 is 50.1 Å². The molecule has 0 heterocycles. The molecular formula is C25H36O13Ti. The van der Waals surface area contributed by atoms with Gasteiger partial charge in [0.25, 0.3) is 0 Å². The van der Waals surface area contributed by atoms with Crippen molar-refractivity contribution >= 4 is 35.8 Å². The molecule has 0 saturated heterocycles. The average molecular weight is 592 g/mol. The number of carbonyl (C=O) groups excluding carboxylic acids is 3. The summed E-state index contributed by atoms with van der Waals surface area (Å²) in [7, 11) is 0. The SMILES string of the molecule is CC(=CCCC(=O)O)C(=O)[O-].CC(=CCCC(=O)O)C(=O)[O-].CC(=CCCC(=O)O)C(=O)[O-].CCCC[O-].[Ti+4]. The van der Waals surface area contributed by atoms with E-state index in [0.29, 0.717) is 0 Å². The van der Waals surface area contributed by atoms with Gasteiger partial charge in [0.2, 0.25) is 0 Å². The molecule has 0 atom stereocenters. The van der Waals surface area contributed by atoms with E-state index in [1.807, 2.05) is 6.92 Å². The molecule has 0 bridgehead atoms. The van der Waals surface area contributed by atoms with Crippen LogP contribution >= 0.6 is 0 Å². The molecule has 218 valence electrons. The Bertz CT molecular complexity index is 736. The predicted molar refractivity (Wildman–Crippen MR) is 127 cm³/mol. The van der Waals surface area contributed by atoms with Crippen molar-refractivity contribution in [3.05, 3.63) is 34.9 Å². The second kappa shape index (κ2) is 30.9. The third-order valence-corrected chi connectivity index (χ3v) is 3.89. The number of carboxylic acid groups (broad SMARTS) is 6. The molecule has 14 heteroatoms. The molecule has 0 aromatic heterocycles. The van der Waals surface area contributed by atoms with Crippen LogP contribution in [0.5, 0.6) is 0 Å². The molecule has 0 radical (unpaired) electrons. The van der Waals surface area contributed by atoms with Crippen LogP contribution in [-0.2, 0) is 50.5 Å². The van der Waals surface area contributed by atoms with Gasteiger partial charge in [-0.15, -0.1) is 6.61 Å². The summed E-state index contributed by atoms with van der Waals surface area (Å²) in [6.45, 7) is 6.22. The van der Waals surface area contributed by atoms with Crippen LogP contribution in [0.1, 0.15) is 79.1 Å². The van der Waals surface area contributed by atoms with E-state index in [2.05, 4.69) is 0 Å². The largest absolute Gasteiger partial charge is 4.00 e. The first-order chi connectivity index (χ1) is 17.5. The Morgan fingerprint density at radius 2 is 0.821 bits per heavy atom. The molecule has 0 aliphatic carbocycles. The topological polar surface area (TPSA) is 255 Å². The average Bonchev–Trinajstić information content (AvgIpc) is 2.79. The minimum Gasteiger partial charge on any atom is -0.854 e. The van der Waals surface area contributed by atoms with Crippen LogP contribution in [0.3, 0.4) is 0 Å². The summed E-state index contributed by atoms with van der Waals surface area (Å²) in [5.41, 5.74) is 0.226. The molecule has 0 fully saturated rings. The Kier molecular flexibility index (Phi) is 36.2. The molecule has 0 aliphatic rings. The number of aliphatic carboxylic acids is 6. The van der Waals surface area contributed by atoms with E-state index < -0.39 is 35.8 Å². The molecule has 0 saturated carbocycles. The van der Waals surface area contributed by atoms with Crippen molar-refractivity contribution in [3.8, 4) is 0 Å². The van der Waals surface area contributed by atoms with Crippen LogP contribution in [-0.4, -0.2) is 57.7 Å². The van der Waals surface area contributed by atoms with Crippen molar-refractivity contribution in [2.24, 2.45) is 0 Å². The monoisotopic (exact) mass is 592 g/mol. The summed E-state index contributed by atoms with van der Waals surface area (Å²) in [6, 6.07) is 0. The molecule has 0 amide bonds. The summed E-state index contributed by atoms with van der Waals surface area (Å²) in [4.78, 5) is 60.0. The van der Waals surface area contributed by atoms with Gasteiger partial charge in [0.15, 0.2) is 0 Å². The van der Waals surface area contributed by atoms with Crippen molar-refractivity contribution in [2.45, 2.75) is 79.1 Å². The minimum atomic E-state index is -1.25. The van der Waals surface area contributed by atoms with E-state index in [1.165, 1.54) is 39.0 Å². The van der Waals surface area contributed by atoms with Crippen LogP contribution in [0, 0.1) is 0 Å². The van der Waals surface area contributed by atoms with Gasteiger partial charge in [0.05, 0.1) is 17.9 Å². The number of hydrogen-bond acceptors (Lipinski definition) is 10. The van der Waals surface area contributed by atoms with Crippen molar-refractivity contribution < 1.29 is 86.2 Å². The third-order valence-electron chi connectivity index (χ3n) is 3.89. The first kappa shape index (κ1) is 45.6. The maximum atomic E-state index is 10.0. The first-order valence-corrected chi connectivity index (χ1v) is 11.4. The Morgan fingerprint density at radius 3 is 0.923 bits per heavy atom. The van der Waals surface area contributed by atoms with E-state index in [1.54, 1.807) is 0 Å². The normalized spacial score (nSPS) is 10.5. The zero-order valence-corrected chi connectivity index (χ0v) is 24.1. The van der Waals surface area contributed by atoms with Crippen molar-refractivity contribution in [3.63, 3.8) is 0 Å². The van der Waals surface area contributed by atoms with Gasteiger partial charge in [0, 0.05) is 19.3 Å². The summed E-state index contributed by atoms with van der Waals surface area (Å²) < 4.78 is 0. The Balaban J connectivity index is -0.000000135. The van der Waals surface area contributed by atoms with Gasteiger partial charge in [-0.2, -0.15) is 0 Å². The fourth-order valence-corrected chi connectivity index (χ4v) is 1.63. The van der Waals surface area contributed by atoms with Gasteiger partial charge in [-0.1, -0.05) is 38.0 Å². The van der Waals surface area contributed by atoms with Gasteiger partial charge in [-0.3, -0.25) is 14.4 Å². The van der Waals surface area contributed by atoms with E-state index in [9.17, 15) is 49.2 Å². The van der Waals surface area contributed by atoms with Gasteiger partial charge in [-0.05, 0) is 56.8 Å². The molecule has 3 N–H and O–H groups in total. The van der Waals surface area contributed by atoms with Crippen molar-refractivity contribution in [2.75, 3.05) is 6.61 Å². The second-order valence-corrected chi connectivity index (χ2v) is 7.38. The van der Waals surface area contributed by atoms with E-state index >= 15 is 0 Å². The first-order valence-electron chi connectivity index (χ1n) is 11.4. The van der Waals surface area contributed by atoms with Crippen molar-refractivity contribution in [1.82, 2.24) is 0 Å². The summed E-state index contributed by atoms with van der Waals surface area (Å²) in [5, 5.41) is 64.2. The molecule has 0 aromatic carbocycles. The van der Waals surface area contributed by atoms with E-state index in [-0.39, 0.29) is 83.6 Å². The summed E-state index contributed by atoms with van der Waals surface area (Å²) >= 11 is 0. The van der Waals surface area contributed by atoms with Crippen LogP contribution in [0.25, 0.3) is 0 Å². The van der Waals surface area contributed by atoms with Crippen LogP contribution in [0.4, 0.5) is 0 Å². The minimum absolute atomic E-state index is 0. The zero-order valence-electron chi connectivity index (χ0n) is 22.5. The standard InChI is InChI=1S/3C7H10O4.C4H9O.Ti/c3*1-5(7(10)11)3-2-4-6(8)9;1-2-3-4-5;/h3*3H,2,4H2,1H3,(H,8,9)(H,10,11);2-4H2,1H3;/q;;;-1;+4/p-3. The van der Waals surface area contributed by atoms with Gasteiger partial charge in [-0.25, -0.2) is 0 Å². The number of carboxylic acids is 6. The molecule has 39 heavy (non-hydrogen) atoms. The maximum Gasteiger partial charge on any atom is 4.00 e. The molecule has 0 rings (SSSR count). The Hall–Kier alpha value is -3.29. The van der Waals surface area contributed by atoms with Crippen LogP contribution < -0.4 is 20.4 Å². The Morgan fingerprint density at radius 1 is 0.590 bits per heavy atom. The second-order valence-electron chi connectivity index (χ2n) is 7.38. The molecule has 0 spiro atoms. The van der Waals surface area contributed by atoms with E-state index in [0.717, 1.165) is 12.8 Å². The quantitative estimate of drug-likeness (QED) is 0.158. The van der Waals surface area contributed by atoms with Crippen molar-refractivity contribution in [1.29, 1.82) is 0 Å². The Labute approximate surface area is 242 Å². The molecular weight excluding hydrogens is 556 g/mol. The van der Waals surface area contributed by atoms with E-state index in [4.69, 9.17) is 15.3 Å². The molecule has 0 aliphatic heterocycles. The number of rotatable bonds is 14. The molecule has 0 unspecified atom stereocenters. The fourth-order valence-electron chi connectivity index (χ4n) is 1.63. The number of hydrogen-bond donors (Lipinski definition) is 3. The van der Waals surface area contributed by atoms with Gasteiger partial charge in [0.1, 0.15) is 0 Å². The number of allylic oxidation sites excluding steroid dienone is 3. The predicted octanol–water partition coefficient (Wildman–Crippen LogP) is -1.21. The fraction of sp³-hybridized carbons (Fsp3) is 0.520. The van der Waals surface area contributed by atoms with Crippen LogP contribution in [0.2, 0.25) is 0 Å². The zero-order chi connectivity index (χ0) is 30.7. The van der Waals surface area contributed by atoms with Crippen LogP contribution in [0.15, 0.2) is 34.9 Å². The molecule has 13 nitrogen and oxygen atoms in total. The number of unbranched alkanes of at least 4 members (excludes halogenated alkanes) is 1.